The first kappa shape index (κ1) is 14.3. The molecule has 0 amide bonds. The Kier molecular flexibility index (Phi) is 4.77. The molecule has 0 N–H and O–H groups in total. The molecule has 0 atom stereocenters. The third-order valence-corrected chi connectivity index (χ3v) is 3.26. The van der Waals surface area contributed by atoms with Gasteiger partial charge < -0.3 is 4.74 Å². The van der Waals surface area contributed by atoms with E-state index in [-0.39, 0.29) is 6.61 Å². The SMILES string of the molecule is Fc1cc(F)cc(COc2ccc(Br)cc2CCl)c1. The molecule has 0 fully saturated rings. The van der Waals surface area contributed by atoms with Crippen LogP contribution in [0.2, 0.25) is 0 Å². The Morgan fingerprint density at radius 1 is 1.05 bits per heavy atom. The molecule has 2 aromatic rings. The van der Waals surface area contributed by atoms with E-state index in [0.29, 0.717) is 17.2 Å². The molecule has 2 rings (SSSR count). The maximum atomic E-state index is 13.0. The minimum Gasteiger partial charge on any atom is -0.489 e. The summed E-state index contributed by atoms with van der Waals surface area (Å²) < 4.78 is 32.5. The Hall–Kier alpha value is -1.13. The van der Waals surface area contributed by atoms with E-state index < -0.39 is 11.6 Å². The van der Waals surface area contributed by atoms with Gasteiger partial charge >= 0.3 is 0 Å². The lowest BCUT2D eigenvalue weighted by Gasteiger charge is -2.10. The molecule has 0 radical (unpaired) electrons. The highest BCUT2D eigenvalue weighted by molar-refractivity contribution is 9.10. The third-order valence-electron chi connectivity index (χ3n) is 2.48. The molecule has 0 aliphatic heterocycles. The Bertz CT molecular complexity index is 569. The number of ether oxygens (including phenoxy) is 1. The molecule has 19 heavy (non-hydrogen) atoms. The molecule has 0 bridgehead atoms. The first-order chi connectivity index (χ1) is 9.08. The number of rotatable bonds is 4. The molecule has 0 aromatic heterocycles. The third kappa shape index (κ3) is 3.91. The lowest BCUT2D eigenvalue weighted by atomic mass is 10.2. The van der Waals surface area contributed by atoms with Crippen LogP contribution in [0.4, 0.5) is 8.78 Å². The fourth-order valence-corrected chi connectivity index (χ4v) is 2.27. The quantitative estimate of drug-likeness (QED) is 0.704. The molecule has 0 saturated heterocycles. The van der Waals surface area contributed by atoms with Crippen molar-refractivity contribution in [3.63, 3.8) is 0 Å². The van der Waals surface area contributed by atoms with E-state index in [1.54, 1.807) is 6.07 Å². The van der Waals surface area contributed by atoms with Crippen molar-refractivity contribution in [2.75, 3.05) is 0 Å². The minimum atomic E-state index is -0.619. The Labute approximate surface area is 123 Å². The molecular weight excluding hydrogens is 338 g/mol. The highest BCUT2D eigenvalue weighted by Crippen LogP contribution is 2.25. The van der Waals surface area contributed by atoms with Gasteiger partial charge in [0, 0.05) is 16.1 Å². The van der Waals surface area contributed by atoms with Crippen molar-refractivity contribution < 1.29 is 13.5 Å². The zero-order valence-electron chi connectivity index (χ0n) is 9.80. The van der Waals surface area contributed by atoms with Crippen LogP contribution in [0.3, 0.4) is 0 Å². The molecule has 5 heteroatoms. The number of benzene rings is 2. The van der Waals surface area contributed by atoms with E-state index in [4.69, 9.17) is 16.3 Å². The van der Waals surface area contributed by atoms with Crippen LogP contribution < -0.4 is 4.74 Å². The molecule has 1 nitrogen and oxygen atoms in total. The van der Waals surface area contributed by atoms with E-state index in [0.717, 1.165) is 16.1 Å². The second-order valence-corrected chi connectivity index (χ2v) is 5.13. The van der Waals surface area contributed by atoms with Gasteiger partial charge in [0.1, 0.15) is 24.0 Å². The minimum absolute atomic E-state index is 0.0835. The van der Waals surface area contributed by atoms with Crippen molar-refractivity contribution in [3.8, 4) is 5.75 Å². The molecule has 100 valence electrons. The van der Waals surface area contributed by atoms with Crippen LogP contribution in [0.1, 0.15) is 11.1 Å². The smallest absolute Gasteiger partial charge is 0.126 e. The summed E-state index contributed by atoms with van der Waals surface area (Å²) in [6, 6.07) is 8.72. The van der Waals surface area contributed by atoms with Gasteiger partial charge in [-0.2, -0.15) is 0 Å². The van der Waals surface area contributed by atoms with Crippen LogP contribution >= 0.6 is 27.5 Å². The molecule has 0 spiro atoms. The van der Waals surface area contributed by atoms with Crippen LogP contribution in [0.15, 0.2) is 40.9 Å². The van der Waals surface area contributed by atoms with Gasteiger partial charge in [-0.3, -0.25) is 0 Å². The summed E-state index contributed by atoms with van der Waals surface area (Å²) in [5, 5.41) is 0. The number of halogens is 4. The standard InChI is InChI=1S/C14H10BrClF2O/c15-11-1-2-14(10(5-11)7-16)19-8-9-3-12(17)6-13(18)4-9/h1-6H,7-8H2. The van der Waals surface area contributed by atoms with Crippen molar-refractivity contribution in [2.24, 2.45) is 0 Å². The second-order valence-electron chi connectivity index (χ2n) is 3.95. The predicted octanol–water partition coefficient (Wildman–Crippen LogP) is 5.05. The molecule has 0 aliphatic rings. The topological polar surface area (TPSA) is 9.23 Å². The zero-order chi connectivity index (χ0) is 13.8. The Morgan fingerprint density at radius 2 is 1.74 bits per heavy atom. The van der Waals surface area contributed by atoms with Gasteiger partial charge in [0.15, 0.2) is 0 Å². The van der Waals surface area contributed by atoms with Gasteiger partial charge in [-0.25, -0.2) is 8.78 Å². The number of alkyl halides is 1. The zero-order valence-corrected chi connectivity index (χ0v) is 12.1. The highest BCUT2D eigenvalue weighted by atomic mass is 79.9. The lowest BCUT2D eigenvalue weighted by Crippen LogP contribution is -1.99. The van der Waals surface area contributed by atoms with E-state index in [1.165, 1.54) is 12.1 Å². The van der Waals surface area contributed by atoms with Gasteiger partial charge in [-0.1, -0.05) is 15.9 Å². The van der Waals surface area contributed by atoms with Crippen LogP contribution in [-0.2, 0) is 12.5 Å². The molecule has 0 heterocycles. The van der Waals surface area contributed by atoms with Crippen LogP contribution in [0.5, 0.6) is 5.75 Å². The van der Waals surface area contributed by atoms with Gasteiger partial charge in [0.25, 0.3) is 0 Å². The van der Waals surface area contributed by atoms with Crippen molar-refractivity contribution in [3.05, 3.63) is 63.6 Å². The normalized spacial score (nSPS) is 10.5. The van der Waals surface area contributed by atoms with E-state index >= 15 is 0 Å². The highest BCUT2D eigenvalue weighted by Gasteiger charge is 2.06. The van der Waals surface area contributed by atoms with Crippen molar-refractivity contribution in [1.82, 2.24) is 0 Å². The lowest BCUT2D eigenvalue weighted by molar-refractivity contribution is 0.302. The van der Waals surface area contributed by atoms with Crippen LogP contribution in [-0.4, -0.2) is 0 Å². The van der Waals surface area contributed by atoms with E-state index in [9.17, 15) is 8.78 Å². The average molecular weight is 348 g/mol. The van der Waals surface area contributed by atoms with Crippen LogP contribution in [0, 0.1) is 11.6 Å². The maximum Gasteiger partial charge on any atom is 0.126 e. The molecule has 0 aliphatic carbocycles. The Morgan fingerprint density at radius 3 is 2.37 bits per heavy atom. The van der Waals surface area contributed by atoms with E-state index in [2.05, 4.69) is 15.9 Å². The first-order valence-corrected chi connectivity index (χ1v) is 6.83. The summed E-state index contributed by atoms with van der Waals surface area (Å²) in [5.74, 6) is -0.339. The maximum absolute atomic E-state index is 13.0. The van der Waals surface area contributed by atoms with Crippen molar-refractivity contribution >= 4 is 27.5 Å². The largest absolute Gasteiger partial charge is 0.489 e. The van der Waals surface area contributed by atoms with Gasteiger partial charge in [-0.05, 0) is 35.9 Å². The number of hydrogen-bond acceptors (Lipinski definition) is 1. The summed E-state index contributed by atoms with van der Waals surface area (Å²) in [6.07, 6.45) is 0. The van der Waals surface area contributed by atoms with Crippen LogP contribution in [0.25, 0.3) is 0 Å². The molecule has 0 saturated carbocycles. The fourth-order valence-electron chi connectivity index (χ4n) is 1.65. The summed E-state index contributed by atoms with van der Waals surface area (Å²) in [7, 11) is 0. The van der Waals surface area contributed by atoms with Gasteiger partial charge in [-0.15, -0.1) is 11.6 Å². The van der Waals surface area contributed by atoms with Crippen molar-refractivity contribution in [2.45, 2.75) is 12.5 Å². The molecular formula is C14H10BrClF2O. The summed E-state index contributed by atoms with van der Waals surface area (Å²) in [5.41, 5.74) is 1.24. The average Bonchev–Trinajstić information content (AvgIpc) is 2.36. The van der Waals surface area contributed by atoms with Gasteiger partial charge in [0.05, 0.1) is 5.88 Å². The van der Waals surface area contributed by atoms with Crippen molar-refractivity contribution in [1.29, 1.82) is 0 Å². The molecule has 0 unspecified atom stereocenters. The first-order valence-electron chi connectivity index (χ1n) is 5.50. The molecule has 2 aromatic carbocycles. The number of hydrogen-bond donors (Lipinski definition) is 0. The fraction of sp³-hybridized carbons (Fsp3) is 0.143. The Balaban J connectivity index is 2.14. The monoisotopic (exact) mass is 346 g/mol. The van der Waals surface area contributed by atoms with Gasteiger partial charge in [0.2, 0.25) is 0 Å². The summed E-state index contributed by atoms with van der Waals surface area (Å²) in [4.78, 5) is 0. The summed E-state index contributed by atoms with van der Waals surface area (Å²) >= 11 is 9.15. The summed E-state index contributed by atoms with van der Waals surface area (Å²) in [6.45, 7) is 0.0835. The van der Waals surface area contributed by atoms with E-state index in [1.807, 2.05) is 12.1 Å². The second kappa shape index (κ2) is 6.35. The predicted molar refractivity (Wildman–Crippen MR) is 74.4 cm³/mol.